The summed E-state index contributed by atoms with van der Waals surface area (Å²) < 4.78 is 4.85. The highest BCUT2D eigenvalue weighted by Gasteiger charge is 2.39. The number of nitrogens with one attached hydrogen (secondary N) is 1. The van der Waals surface area contributed by atoms with E-state index in [9.17, 15) is 9.59 Å². The van der Waals surface area contributed by atoms with Gasteiger partial charge in [-0.15, -0.1) is 0 Å². The van der Waals surface area contributed by atoms with Gasteiger partial charge in [-0.25, -0.2) is 0 Å². The van der Waals surface area contributed by atoms with Crippen LogP contribution in [0.2, 0.25) is 0 Å². The summed E-state index contributed by atoms with van der Waals surface area (Å²) in [6.07, 6.45) is 4.83. The Labute approximate surface area is 121 Å². The second-order valence-corrected chi connectivity index (χ2v) is 5.83. The fourth-order valence-corrected chi connectivity index (χ4v) is 2.69. The van der Waals surface area contributed by atoms with E-state index in [2.05, 4.69) is 12.2 Å². The van der Waals surface area contributed by atoms with Gasteiger partial charge in [-0.2, -0.15) is 0 Å². The minimum atomic E-state index is -0.392. The van der Waals surface area contributed by atoms with Crippen LogP contribution in [0.25, 0.3) is 0 Å². The lowest BCUT2D eigenvalue weighted by Gasteiger charge is -2.37. The molecule has 0 radical (unpaired) electrons. The fourth-order valence-electron chi connectivity index (χ4n) is 2.69. The molecule has 1 fully saturated rings. The van der Waals surface area contributed by atoms with Gasteiger partial charge < -0.3 is 15.8 Å². The van der Waals surface area contributed by atoms with E-state index in [1.807, 2.05) is 0 Å². The molecule has 0 heterocycles. The molecule has 0 spiro atoms. The average molecular weight is 284 g/mol. The van der Waals surface area contributed by atoms with Crippen molar-refractivity contribution in [2.24, 2.45) is 17.1 Å². The standard InChI is InChI=1S/C15H28N2O3/c1-3-20-13(18)5-4-10-17-14(19)15(11-16)8-6-12(2)7-9-15/h12H,3-11,16H2,1-2H3,(H,17,19). The maximum Gasteiger partial charge on any atom is 0.305 e. The van der Waals surface area contributed by atoms with Gasteiger partial charge in [0.1, 0.15) is 0 Å². The van der Waals surface area contributed by atoms with Crippen molar-refractivity contribution in [1.29, 1.82) is 0 Å². The molecule has 0 bridgehead atoms. The zero-order valence-corrected chi connectivity index (χ0v) is 12.7. The molecule has 1 amide bonds. The van der Waals surface area contributed by atoms with Crippen LogP contribution in [0.15, 0.2) is 0 Å². The first-order valence-electron chi connectivity index (χ1n) is 7.68. The van der Waals surface area contributed by atoms with Crippen molar-refractivity contribution in [2.45, 2.75) is 52.4 Å². The number of hydrogen-bond acceptors (Lipinski definition) is 4. The number of nitrogens with two attached hydrogens (primary N) is 1. The maximum absolute atomic E-state index is 12.3. The summed E-state index contributed by atoms with van der Waals surface area (Å²) in [4.78, 5) is 23.5. The molecule has 0 aromatic heterocycles. The Morgan fingerprint density at radius 3 is 2.55 bits per heavy atom. The Bertz CT molecular complexity index is 323. The Balaban J connectivity index is 2.32. The predicted octanol–water partition coefficient (Wildman–Crippen LogP) is 1.60. The molecule has 20 heavy (non-hydrogen) atoms. The third kappa shape index (κ3) is 4.78. The van der Waals surface area contributed by atoms with Crippen LogP contribution in [0.5, 0.6) is 0 Å². The molecule has 0 aromatic carbocycles. The van der Waals surface area contributed by atoms with Crippen LogP contribution in [0, 0.1) is 11.3 Å². The highest BCUT2D eigenvalue weighted by molar-refractivity contribution is 5.83. The second kappa shape index (κ2) is 8.25. The van der Waals surface area contributed by atoms with E-state index < -0.39 is 5.41 Å². The third-order valence-electron chi connectivity index (χ3n) is 4.25. The molecular weight excluding hydrogens is 256 g/mol. The minimum absolute atomic E-state index is 0.0516. The van der Waals surface area contributed by atoms with Crippen molar-refractivity contribution in [1.82, 2.24) is 5.32 Å². The van der Waals surface area contributed by atoms with Crippen molar-refractivity contribution >= 4 is 11.9 Å². The number of hydrogen-bond donors (Lipinski definition) is 2. The first-order valence-corrected chi connectivity index (χ1v) is 7.68. The normalized spacial score (nSPS) is 26.1. The minimum Gasteiger partial charge on any atom is -0.466 e. The summed E-state index contributed by atoms with van der Waals surface area (Å²) in [5.74, 6) is 0.531. The molecule has 0 aromatic rings. The summed E-state index contributed by atoms with van der Waals surface area (Å²) in [6.45, 7) is 5.32. The third-order valence-corrected chi connectivity index (χ3v) is 4.25. The smallest absolute Gasteiger partial charge is 0.305 e. The Morgan fingerprint density at radius 2 is 2.00 bits per heavy atom. The summed E-state index contributed by atoms with van der Waals surface area (Å²) >= 11 is 0. The average Bonchev–Trinajstić information content (AvgIpc) is 2.45. The Morgan fingerprint density at radius 1 is 1.35 bits per heavy atom. The van der Waals surface area contributed by atoms with Gasteiger partial charge in [-0.05, 0) is 44.9 Å². The van der Waals surface area contributed by atoms with Gasteiger partial charge in [-0.1, -0.05) is 6.92 Å². The van der Waals surface area contributed by atoms with Crippen molar-refractivity contribution in [3.05, 3.63) is 0 Å². The van der Waals surface area contributed by atoms with Gasteiger partial charge in [-0.3, -0.25) is 9.59 Å². The van der Waals surface area contributed by atoms with Gasteiger partial charge in [0.15, 0.2) is 0 Å². The number of rotatable bonds is 7. The molecule has 0 saturated heterocycles. The maximum atomic E-state index is 12.3. The van der Waals surface area contributed by atoms with E-state index in [1.165, 1.54) is 0 Å². The molecule has 0 atom stereocenters. The van der Waals surface area contributed by atoms with Crippen LogP contribution in [-0.2, 0) is 14.3 Å². The molecule has 5 heteroatoms. The molecule has 5 nitrogen and oxygen atoms in total. The SMILES string of the molecule is CCOC(=O)CCCNC(=O)C1(CN)CCC(C)CC1. The van der Waals surface area contributed by atoms with Crippen molar-refractivity contribution in [3.63, 3.8) is 0 Å². The monoisotopic (exact) mass is 284 g/mol. The molecule has 0 aliphatic heterocycles. The number of carbonyl (C=O) groups excluding carboxylic acids is 2. The van der Waals surface area contributed by atoms with Crippen LogP contribution in [0.4, 0.5) is 0 Å². The number of carbonyl (C=O) groups is 2. The lowest BCUT2D eigenvalue weighted by atomic mass is 9.70. The highest BCUT2D eigenvalue weighted by atomic mass is 16.5. The summed E-state index contributed by atoms with van der Waals surface area (Å²) in [5, 5.41) is 2.93. The number of ether oxygens (including phenoxy) is 1. The van der Waals surface area contributed by atoms with Crippen LogP contribution < -0.4 is 11.1 Å². The van der Waals surface area contributed by atoms with Crippen molar-refractivity contribution < 1.29 is 14.3 Å². The van der Waals surface area contributed by atoms with Gasteiger partial charge in [0, 0.05) is 19.5 Å². The van der Waals surface area contributed by atoms with Gasteiger partial charge in [0.25, 0.3) is 0 Å². The van der Waals surface area contributed by atoms with Crippen LogP contribution >= 0.6 is 0 Å². The van der Waals surface area contributed by atoms with E-state index in [0.29, 0.717) is 38.5 Å². The number of esters is 1. The highest BCUT2D eigenvalue weighted by Crippen LogP contribution is 2.38. The summed E-state index contributed by atoms with van der Waals surface area (Å²) in [6, 6.07) is 0. The first-order chi connectivity index (χ1) is 9.54. The van der Waals surface area contributed by atoms with Crippen LogP contribution in [0.1, 0.15) is 52.4 Å². The van der Waals surface area contributed by atoms with E-state index in [1.54, 1.807) is 6.92 Å². The zero-order valence-electron chi connectivity index (χ0n) is 12.7. The molecule has 3 N–H and O–H groups in total. The van der Waals surface area contributed by atoms with E-state index in [4.69, 9.17) is 10.5 Å². The summed E-state index contributed by atoms with van der Waals surface area (Å²) in [7, 11) is 0. The van der Waals surface area contributed by atoms with E-state index in [0.717, 1.165) is 25.7 Å². The molecule has 116 valence electrons. The molecular formula is C15H28N2O3. The first kappa shape index (κ1) is 17.0. The van der Waals surface area contributed by atoms with Crippen LogP contribution in [-0.4, -0.2) is 31.6 Å². The lowest BCUT2D eigenvalue weighted by molar-refractivity contribution is -0.143. The van der Waals surface area contributed by atoms with Gasteiger partial charge in [0.05, 0.1) is 12.0 Å². The quantitative estimate of drug-likeness (QED) is 0.549. The zero-order chi connectivity index (χ0) is 15.0. The van der Waals surface area contributed by atoms with Crippen molar-refractivity contribution in [2.75, 3.05) is 19.7 Å². The second-order valence-electron chi connectivity index (χ2n) is 5.83. The van der Waals surface area contributed by atoms with Crippen LogP contribution in [0.3, 0.4) is 0 Å². The molecule has 1 aliphatic carbocycles. The van der Waals surface area contributed by atoms with Crippen molar-refractivity contribution in [3.8, 4) is 0 Å². The predicted molar refractivity (Wildman–Crippen MR) is 78.0 cm³/mol. The van der Waals surface area contributed by atoms with E-state index in [-0.39, 0.29) is 11.9 Å². The largest absolute Gasteiger partial charge is 0.466 e. The topological polar surface area (TPSA) is 81.4 Å². The van der Waals surface area contributed by atoms with Gasteiger partial charge >= 0.3 is 5.97 Å². The molecule has 1 saturated carbocycles. The summed E-state index contributed by atoms with van der Waals surface area (Å²) in [5.41, 5.74) is 5.45. The molecule has 1 rings (SSSR count). The molecule has 0 unspecified atom stereocenters. The molecule has 1 aliphatic rings. The number of amides is 1. The van der Waals surface area contributed by atoms with Gasteiger partial charge in [0.2, 0.25) is 5.91 Å². The Kier molecular flexibility index (Phi) is 6.99. The van der Waals surface area contributed by atoms with E-state index >= 15 is 0 Å². The lowest BCUT2D eigenvalue weighted by Crippen LogP contribution is -2.48. The Hall–Kier alpha value is -1.10. The fraction of sp³-hybridized carbons (Fsp3) is 0.867.